The topological polar surface area (TPSA) is 97.3 Å². The number of sulfonamides is 1. The van der Waals surface area contributed by atoms with Gasteiger partial charge in [0.05, 0.1) is 23.0 Å². The molecule has 124 valence electrons. The molecule has 0 unspecified atom stereocenters. The molecule has 0 saturated heterocycles. The van der Waals surface area contributed by atoms with Crippen LogP contribution in [-0.2, 0) is 19.9 Å². The van der Waals surface area contributed by atoms with Crippen molar-refractivity contribution >= 4 is 54.6 Å². The Morgan fingerprint density at radius 3 is 2.22 bits per heavy atom. The second-order valence-corrected chi connectivity index (χ2v) is 9.14. The lowest BCUT2D eigenvalue weighted by atomic mass is 10.3. The molecule has 2 aromatic rings. The summed E-state index contributed by atoms with van der Waals surface area (Å²) in [5.41, 5.74) is -0.103. The summed E-state index contributed by atoms with van der Waals surface area (Å²) in [5, 5.41) is -0.321. The average Bonchev–Trinajstić information content (AvgIpc) is 2.41. The standard InChI is InChI=1S/C12H11Cl2N3O4S2/c1-22(18,19)10-6-4-3-5-9(10)17(23(2,20)21)11-8(13)7-15-12(14)16-11/h3-7H,1-2H3. The maximum atomic E-state index is 12.2. The predicted octanol–water partition coefficient (Wildman–Crippen LogP) is 2.28. The molecule has 0 atom stereocenters. The van der Waals surface area contributed by atoms with Gasteiger partial charge in [-0.3, -0.25) is 0 Å². The van der Waals surface area contributed by atoms with E-state index in [9.17, 15) is 16.8 Å². The fourth-order valence-electron chi connectivity index (χ4n) is 1.87. The van der Waals surface area contributed by atoms with Crippen molar-refractivity contribution in [3.63, 3.8) is 0 Å². The zero-order chi connectivity index (χ0) is 17.4. The molecule has 0 aliphatic heterocycles. The normalized spacial score (nSPS) is 12.2. The maximum Gasteiger partial charge on any atom is 0.237 e. The highest BCUT2D eigenvalue weighted by molar-refractivity contribution is 7.93. The van der Waals surface area contributed by atoms with E-state index in [1.54, 1.807) is 0 Å². The predicted molar refractivity (Wildman–Crippen MR) is 88.6 cm³/mol. The highest BCUT2D eigenvalue weighted by Crippen LogP contribution is 2.36. The van der Waals surface area contributed by atoms with Crippen LogP contribution in [0.4, 0.5) is 11.5 Å². The fourth-order valence-corrected chi connectivity index (χ4v) is 4.12. The number of hydrogen-bond donors (Lipinski definition) is 0. The van der Waals surface area contributed by atoms with Crippen LogP contribution in [0.5, 0.6) is 0 Å². The van der Waals surface area contributed by atoms with Gasteiger partial charge in [-0.15, -0.1) is 0 Å². The summed E-state index contributed by atoms with van der Waals surface area (Å²) < 4.78 is 49.1. The van der Waals surface area contributed by atoms with E-state index in [0.717, 1.165) is 23.0 Å². The largest absolute Gasteiger partial charge is 0.237 e. The van der Waals surface area contributed by atoms with Crippen LogP contribution in [-0.4, -0.2) is 39.3 Å². The Morgan fingerprint density at radius 1 is 1.04 bits per heavy atom. The Kier molecular flexibility index (Phi) is 4.86. The minimum atomic E-state index is -3.96. The van der Waals surface area contributed by atoms with Crippen molar-refractivity contribution in [2.75, 3.05) is 16.8 Å². The first-order chi connectivity index (χ1) is 10.5. The van der Waals surface area contributed by atoms with Crippen LogP contribution < -0.4 is 4.31 Å². The van der Waals surface area contributed by atoms with Gasteiger partial charge in [-0.2, -0.15) is 4.98 Å². The SMILES string of the molecule is CS(=O)(=O)c1ccccc1N(c1nc(Cl)ncc1Cl)S(C)(=O)=O. The van der Waals surface area contributed by atoms with Gasteiger partial charge in [0.15, 0.2) is 15.7 Å². The molecule has 0 spiro atoms. The number of benzene rings is 1. The Morgan fingerprint density at radius 2 is 1.65 bits per heavy atom. The van der Waals surface area contributed by atoms with Crippen molar-refractivity contribution < 1.29 is 16.8 Å². The smallest absolute Gasteiger partial charge is 0.225 e. The Balaban J connectivity index is 2.86. The van der Waals surface area contributed by atoms with Gasteiger partial charge < -0.3 is 0 Å². The highest BCUT2D eigenvalue weighted by Gasteiger charge is 2.28. The number of rotatable bonds is 4. The molecular weight excluding hydrogens is 385 g/mol. The van der Waals surface area contributed by atoms with Gasteiger partial charge in [0.25, 0.3) is 0 Å². The number of aromatic nitrogens is 2. The quantitative estimate of drug-likeness (QED) is 0.736. The van der Waals surface area contributed by atoms with Crippen LogP contribution in [0.15, 0.2) is 35.4 Å². The number of hydrogen-bond acceptors (Lipinski definition) is 6. The van der Waals surface area contributed by atoms with E-state index in [2.05, 4.69) is 9.97 Å². The first kappa shape index (κ1) is 17.9. The zero-order valence-corrected chi connectivity index (χ0v) is 15.1. The van der Waals surface area contributed by atoms with Gasteiger partial charge in [0.2, 0.25) is 15.3 Å². The summed E-state index contributed by atoms with van der Waals surface area (Å²) in [6.45, 7) is 0. The molecule has 1 aromatic carbocycles. The first-order valence-electron chi connectivity index (χ1n) is 5.99. The van der Waals surface area contributed by atoms with E-state index in [4.69, 9.17) is 23.2 Å². The number of anilines is 2. The van der Waals surface area contributed by atoms with E-state index in [0.29, 0.717) is 0 Å². The highest BCUT2D eigenvalue weighted by atomic mass is 35.5. The van der Waals surface area contributed by atoms with Gasteiger partial charge in [0, 0.05) is 6.26 Å². The average molecular weight is 396 g/mol. The van der Waals surface area contributed by atoms with Crippen molar-refractivity contribution in [3.05, 3.63) is 40.8 Å². The Bertz CT molecular complexity index is 962. The van der Waals surface area contributed by atoms with Crippen molar-refractivity contribution in [1.29, 1.82) is 0 Å². The number of nitrogens with zero attached hydrogens (tertiary/aromatic N) is 3. The number of para-hydroxylation sites is 1. The molecule has 1 aromatic heterocycles. The van der Waals surface area contributed by atoms with Gasteiger partial charge in [-0.25, -0.2) is 26.1 Å². The fraction of sp³-hybridized carbons (Fsp3) is 0.167. The van der Waals surface area contributed by atoms with Crippen LogP contribution >= 0.6 is 23.2 Å². The molecule has 1 heterocycles. The van der Waals surface area contributed by atoms with Gasteiger partial charge >= 0.3 is 0 Å². The zero-order valence-electron chi connectivity index (χ0n) is 11.9. The minimum Gasteiger partial charge on any atom is -0.225 e. The third-order valence-corrected chi connectivity index (χ3v) is 5.33. The Hall–Kier alpha value is -1.42. The second-order valence-electron chi connectivity index (χ2n) is 4.58. The molecule has 7 nitrogen and oxygen atoms in total. The second kappa shape index (κ2) is 6.23. The van der Waals surface area contributed by atoms with E-state index >= 15 is 0 Å². The third kappa shape index (κ3) is 3.92. The molecule has 0 aliphatic carbocycles. The molecule has 23 heavy (non-hydrogen) atoms. The molecule has 0 N–H and O–H groups in total. The lowest BCUT2D eigenvalue weighted by Gasteiger charge is -2.24. The van der Waals surface area contributed by atoms with Crippen molar-refractivity contribution in [1.82, 2.24) is 9.97 Å². The molecule has 0 fully saturated rings. The molecule has 0 bridgehead atoms. The minimum absolute atomic E-state index is 0.0943. The van der Waals surface area contributed by atoms with Crippen LogP contribution in [0.3, 0.4) is 0 Å². The van der Waals surface area contributed by atoms with E-state index in [1.807, 2.05) is 0 Å². The van der Waals surface area contributed by atoms with E-state index in [-0.39, 0.29) is 26.7 Å². The van der Waals surface area contributed by atoms with Gasteiger partial charge in [-0.1, -0.05) is 23.7 Å². The first-order valence-corrected chi connectivity index (χ1v) is 10.5. The van der Waals surface area contributed by atoms with Crippen LogP contribution in [0.2, 0.25) is 10.3 Å². The van der Waals surface area contributed by atoms with Gasteiger partial charge in [-0.05, 0) is 23.7 Å². The van der Waals surface area contributed by atoms with Crippen molar-refractivity contribution in [2.45, 2.75) is 4.90 Å². The Labute approximate surface area is 143 Å². The number of sulfone groups is 1. The lowest BCUT2D eigenvalue weighted by Crippen LogP contribution is -2.27. The van der Waals surface area contributed by atoms with Crippen LogP contribution in [0, 0.1) is 0 Å². The maximum absolute atomic E-state index is 12.2. The summed E-state index contributed by atoms with van der Waals surface area (Å²) >= 11 is 11.7. The molecule has 11 heteroatoms. The molecule has 0 radical (unpaired) electrons. The van der Waals surface area contributed by atoms with E-state index in [1.165, 1.54) is 24.3 Å². The third-order valence-electron chi connectivity index (χ3n) is 2.70. The molecule has 0 aliphatic rings. The molecule has 2 rings (SSSR count). The summed E-state index contributed by atoms with van der Waals surface area (Å²) in [6.07, 6.45) is 3.01. The van der Waals surface area contributed by atoms with Crippen molar-refractivity contribution in [2.24, 2.45) is 0 Å². The summed E-state index contributed by atoms with van der Waals surface area (Å²) in [7, 11) is -7.65. The van der Waals surface area contributed by atoms with Gasteiger partial charge in [0.1, 0.15) is 5.02 Å². The summed E-state index contributed by atoms with van der Waals surface area (Å²) in [5.74, 6) is -0.231. The molecule has 0 saturated carbocycles. The van der Waals surface area contributed by atoms with E-state index < -0.39 is 19.9 Å². The lowest BCUT2D eigenvalue weighted by molar-refractivity contribution is 0.600. The van der Waals surface area contributed by atoms with Crippen molar-refractivity contribution in [3.8, 4) is 0 Å². The monoisotopic (exact) mass is 395 g/mol. The molecule has 0 amide bonds. The summed E-state index contributed by atoms with van der Waals surface area (Å²) in [6, 6.07) is 5.61. The molecular formula is C12H11Cl2N3O4S2. The van der Waals surface area contributed by atoms with Crippen LogP contribution in [0.25, 0.3) is 0 Å². The number of halogens is 2. The van der Waals surface area contributed by atoms with Crippen LogP contribution in [0.1, 0.15) is 0 Å². The summed E-state index contributed by atoms with van der Waals surface area (Å²) in [4.78, 5) is 7.28.